The summed E-state index contributed by atoms with van der Waals surface area (Å²) in [6, 6.07) is 16.8. The van der Waals surface area contributed by atoms with Crippen molar-refractivity contribution in [1.82, 2.24) is 44.7 Å². The van der Waals surface area contributed by atoms with Crippen LogP contribution in [0.3, 0.4) is 0 Å². The molecule has 0 spiro atoms. The summed E-state index contributed by atoms with van der Waals surface area (Å²) < 4.78 is 12.9. The molecule has 0 radical (unpaired) electrons. The van der Waals surface area contributed by atoms with Crippen LogP contribution in [-0.2, 0) is 16.1 Å². The molecule has 0 saturated carbocycles. The molecule has 25 heteroatoms. The Morgan fingerprint density at radius 2 is 1.22 bits per heavy atom. The highest BCUT2D eigenvalue weighted by atomic mass is 127. The van der Waals surface area contributed by atoms with Gasteiger partial charge in [0.25, 0.3) is 0 Å². The van der Waals surface area contributed by atoms with Crippen molar-refractivity contribution >= 4 is 143 Å². The third kappa shape index (κ3) is 15.0. The van der Waals surface area contributed by atoms with Gasteiger partial charge in [-0.05, 0) is 65.1 Å². The number of carbonyl (C=O) groups excluding carboxylic acids is 3. The second-order valence-electron chi connectivity index (χ2n) is 14.4. The number of hydrazine groups is 1. The van der Waals surface area contributed by atoms with Gasteiger partial charge in [0.05, 0.1) is 57.8 Å². The van der Waals surface area contributed by atoms with Crippen molar-refractivity contribution < 1.29 is 23.9 Å². The number of fused-ring (bicyclic) bond motifs is 2. The van der Waals surface area contributed by atoms with Gasteiger partial charge >= 0.3 is 0 Å². The number of rotatable bonds is 8. The number of pyridine rings is 3. The lowest BCUT2D eigenvalue weighted by Gasteiger charge is -2.36. The van der Waals surface area contributed by atoms with Crippen LogP contribution in [0.25, 0.3) is 21.8 Å². The Hall–Kier alpha value is -4.97. The van der Waals surface area contributed by atoms with Crippen LogP contribution >= 0.6 is 92.2 Å². The van der Waals surface area contributed by atoms with E-state index in [4.69, 9.17) is 79.1 Å². The second kappa shape index (κ2) is 27.4. The summed E-state index contributed by atoms with van der Waals surface area (Å²) in [4.78, 5) is 54.2. The van der Waals surface area contributed by atoms with Crippen LogP contribution in [-0.4, -0.2) is 135 Å². The van der Waals surface area contributed by atoms with Crippen LogP contribution in [0.4, 0.5) is 11.4 Å². The maximum absolute atomic E-state index is 12.7. The first-order chi connectivity index (χ1) is 33.3. The fourth-order valence-corrected chi connectivity index (χ4v) is 8.72. The van der Waals surface area contributed by atoms with Crippen molar-refractivity contribution in [2.75, 3.05) is 82.3 Å². The lowest BCUT2D eigenvalue weighted by Crippen LogP contribution is -2.49. The van der Waals surface area contributed by atoms with Gasteiger partial charge in [-0.25, -0.2) is 15.0 Å². The Balaban J connectivity index is 0.000000186. The standard InChI is InChI=1S/C19H19Cl2N5O2.C13H16Cl2N2O2.C6H3ClINO.C6H4ClN3.H4N2/c1-28-17-10-13(2-3-15(17)20)24-6-8-25(9-7-24)18(27)12-26-11-14-16(23-26)4-5-22-19(14)21;1-19-12-8-10(2-3-11(12)15)16-4-6-17(7-5-16)13(18)9-14;7-6-4(3-10)5(8)1-2-9-6;7-6-4-3-9-10-5(4)1-2-8-6;1-2/h2-5,10-11H,6-9,12H2,1H3;2-3,8H,4-7,9H2,1H3;1-3H;1-3H,(H,9,10);1-2H2. The van der Waals surface area contributed by atoms with Crippen LogP contribution < -0.4 is 31.0 Å². The number of halogens is 7. The zero-order valence-electron chi connectivity index (χ0n) is 37.0. The number of hydrogen-bond donors (Lipinski definition) is 3. The molecule has 5 aromatic heterocycles. The summed E-state index contributed by atoms with van der Waals surface area (Å²) in [5, 5.41) is 15.0. The van der Waals surface area contributed by atoms with Gasteiger partial charge in [-0.3, -0.25) is 35.8 Å². The molecule has 2 amide bonds. The van der Waals surface area contributed by atoms with E-state index in [0.29, 0.717) is 69.9 Å². The number of aldehydes is 1. The summed E-state index contributed by atoms with van der Waals surface area (Å²) >= 11 is 37.1. The minimum atomic E-state index is -0.00463. The molecule has 2 aliphatic heterocycles. The summed E-state index contributed by atoms with van der Waals surface area (Å²) in [6.45, 7) is 5.91. The van der Waals surface area contributed by atoms with Crippen molar-refractivity contribution in [3.63, 3.8) is 0 Å². The number of ether oxygens (including phenoxy) is 2. The molecular weight excluding hydrogens is 1130 g/mol. The zero-order valence-corrected chi connectivity index (χ0v) is 43.7. The Kier molecular flexibility index (Phi) is 21.8. The van der Waals surface area contributed by atoms with Crippen molar-refractivity contribution in [2.24, 2.45) is 11.7 Å². The Morgan fingerprint density at radius 1 is 0.710 bits per heavy atom. The molecule has 18 nitrogen and oxygen atoms in total. The quantitative estimate of drug-likeness (QED) is 0.0329. The Bertz CT molecular complexity index is 2790. The van der Waals surface area contributed by atoms with Crippen LogP contribution in [0.2, 0.25) is 25.5 Å². The number of aromatic amines is 1. The largest absolute Gasteiger partial charge is 0.495 e. The number of nitrogens with zero attached hydrogens (tertiary/aromatic N) is 10. The SMILES string of the molecule is COc1cc(N2CCN(C(=O)CCl)CC2)ccc1Cl.COc1cc(N2CCN(C(=O)Cn3cc4c(Cl)nccc4n3)CC2)ccc1Cl.Clc1nccc2[nH]ncc12.NN.O=Cc1c(I)ccnc1Cl. The summed E-state index contributed by atoms with van der Waals surface area (Å²) in [5.41, 5.74) is 4.20. The maximum atomic E-state index is 12.7. The van der Waals surface area contributed by atoms with Gasteiger partial charge in [0.15, 0.2) is 6.29 Å². The molecule has 0 atom stereocenters. The lowest BCUT2D eigenvalue weighted by atomic mass is 10.2. The van der Waals surface area contributed by atoms with Crippen LogP contribution in [0.15, 0.2) is 85.6 Å². The average Bonchev–Trinajstić information content (AvgIpc) is 4.04. The number of anilines is 2. The van der Waals surface area contributed by atoms with Crippen molar-refractivity contribution in [2.45, 2.75) is 6.54 Å². The number of nitrogens with one attached hydrogen (secondary N) is 1. The predicted octanol–water partition coefficient (Wildman–Crippen LogP) is 7.91. The molecule has 7 aromatic rings. The number of amides is 2. The molecule has 7 heterocycles. The number of methoxy groups -OCH3 is 2. The lowest BCUT2D eigenvalue weighted by molar-refractivity contribution is -0.132. The van der Waals surface area contributed by atoms with E-state index in [1.807, 2.05) is 70.0 Å². The molecule has 366 valence electrons. The van der Waals surface area contributed by atoms with Crippen molar-refractivity contribution in [3.05, 3.63) is 120 Å². The Labute approximate surface area is 441 Å². The number of H-pyrrole nitrogens is 1. The van der Waals surface area contributed by atoms with E-state index in [-0.39, 0.29) is 29.4 Å². The first-order valence-electron chi connectivity index (χ1n) is 20.6. The van der Waals surface area contributed by atoms with Gasteiger partial charge < -0.3 is 29.1 Å². The summed E-state index contributed by atoms with van der Waals surface area (Å²) in [7, 11) is 3.20. The van der Waals surface area contributed by atoms with Crippen LogP contribution in [0, 0.1) is 3.57 Å². The van der Waals surface area contributed by atoms with Gasteiger partial charge in [-0.2, -0.15) is 10.2 Å². The number of nitrogens with two attached hydrogens (primary N) is 2. The molecule has 2 fully saturated rings. The topological polar surface area (TPSA) is 220 Å². The molecule has 2 aromatic carbocycles. The number of piperazine rings is 2. The van der Waals surface area contributed by atoms with E-state index >= 15 is 0 Å². The number of aromatic nitrogens is 7. The van der Waals surface area contributed by atoms with Gasteiger partial charge in [0, 0.05) is 104 Å². The van der Waals surface area contributed by atoms with Gasteiger partial charge in [0.2, 0.25) is 11.8 Å². The molecular formula is C44H46Cl6IN13O5. The highest BCUT2D eigenvalue weighted by Gasteiger charge is 2.23. The number of carbonyl (C=O) groups is 3. The third-order valence-electron chi connectivity index (χ3n) is 10.4. The maximum Gasteiger partial charge on any atom is 0.244 e. The van der Waals surface area contributed by atoms with Gasteiger partial charge in [-0.1, -0.05) is 58.0 Å². The molecule has 9 rings (SSSR count). The van der Waals surface area contributed by atoms with Crippen LogP contribution in [0.1, 0.15) is 10.4 Å². The first-order valence-corrected chi connectivity index (χ1v) is 24.1. The number of benzene rings is 2. The minimum absolute atomic E-state index is 0.00463. The van der Waals surface area contributed by atoms with E-state index in [1.54, 1.807) is 66.9 Å². The van der Waals surface area contributed by atoms with E-state index in [2.05, 4.69) is 51.7 Å². The average molecular weight is 1180 g/mol. The Morgan fingerprint density at radius 3 is 1.70 bits per heavy atom. The monoisotopic (exact) mass is 1170 g/mol. The molecule has 0 unspecified atom stereocenters. The highest BCUT2D eigenvalue weighted by Crippen LogP contribution is 2.31. The van der Waals surface area contributed by atoms with E-state index in [9.17, 15) is 14.4 Å². The smallest absolute Gasteiger partial charge is 0.244 e. The van der Waals surface area contributed by atoms with E-state index in [0.717, 1.165) is 62.9 Å². The van der Waals surface area contributed by atoms with Gasteiger partial charge in [-0.15, -0.1) is 11.6 Å². The van der Waals surface area contributed by atoms with E-state index < -0.39 is 0 Å². The third-order valence-corrected chi connectivity index (χ3v) is 13.1. The minimum Gasteiger partial charge on any atom is -0.495 e. The van der Waals surface area contributed by atoms with Gasteiger partial charge in [0.1, 0.15) is 39.4 Å². The van der Waals surface area contributed by atoms with Crippen molar-refractivity contribution in [3.8, 4) is 11.5 Å². The fraction of sp³-hybridized carbons (Fsp3) is 0.273. The zero-order chi connectivity index (χ0) is 50.0. The number of hydrogen-bond acceptors (Lipinski definition) is 14. The van der Waals surface area contributed by atoms with Crippen LogP contribution in [0.5, 0.6) is 11.5 Å². The number of alkyl halides is 1. The predicted molar refractivity (Wildman–Crippen MR) is 281 cm³/mol. The first kappa shape index (κ1) is 55.0. The molecule has 2 aliphatic rings. The highest BCUT2D eigenvalue weighted by molar-refractivity contribution is 14.1. The van der Waals surface area contributed by atoms with E-state index in [1.165, 1.54) is 0 Å². The fourth-order valence-electron chi connectivity index (χ4n) is 6.85. The summed E-state index contributed by atoms with van der Waals surface area (Å²) in [6.07, 6.45) is 8.94. The normalized spacial score (nSPS) is 13.1. The summed E-state index contributed by atoms with van der Waals surface area (Å²) in [5.74, 6) is 9.39. The molecule has 2 saturated heterocycles. The molecule has 69 heavy (non-hydrogen) atoms. The van der Waals surface area contributed by atoms with Crippen molar-refractivity contribution in [1.29, 1.82) is 0 Å². The molecule has 0 aliphatic carbocycles. The second-order valence-corrected chi connectivity index (χ2v) is 17.7. The molecule has 5 N–H and O–H groups in total. The molecule has 0 bridgehead atoms.